The van der Waals surface area contributed by atoms with E-state index < -0.39 is 0 Å². The summed E-state index contributed by atoms with van der Waals surface area (Å²) in [5.41, 5.74) is 4.90. The number of benzene rings is 6. The van der Waals surface area contributed by atoms with Gasteiger partial charge in [0.15, 0.2) is 12.0 Å². The molecule has 5 heteroatoms. The van der Waals surface area contributed by atoms with E-state index in [-0.39, 0.29) is 0 Å². The number of nitrogens with zero attached hydrogens (tertiary/aromatic N) is 2. The molecule has 0 unspecified atom stereocenters. The van der Waals surface area contributed by atoms with Crippen LogP contribution in [0.1, 0.15) is 0 Å². The van der Waals surface area contributed by atoms with Crippen molar-refractivity contribution >= 4 is 97.1 Å². The van der Waals surface area contributed by atoms with Gasteiger partial charge in [-0.15, -0.1) is 11.3 Å². The Hall–Kier alpha value is -4.19. The van der Waals surface area contributed by atoms with Gasteiger partial charge in [0, 0.05) is 31.7 Å². The van der Waals surface area contributed by atoms with Crippen LogP contribution in [0.25, 0.3) is 52.8 Å². The van der Waals surface area contributed by atoms with E-state index in [0.717, 1.165) is 32.6 Å². The van der Waals surface area contributed by atoms with E-state index in [2.05, 4.69) is 129 Å². The fraction of sp³-hybridized carbons (Fsp3) is 0. The van der Waals surface area contributed by atoms with Gasteiger partial charge < -0.3 is 9.32 Å². The van der Waals surface area contributed by atoms with E-state index >= 15 is 0 Å². The molecule has 0 aliphatic rings. The summed E-state index contributed by atoms with van der Waals surface area (Å²) in [5, 5.41) is 7.55. The molecule has 2 aromatic heterocycles. The van der Waals surface area contributed by atoms with Gasteiger partial charge in [-0.05, 0) is 76.1 Å². The third-order valence-corrected chi connectivity index (χ3v) is 8.86. The third kappa shape index (κ3) is 3.36. The number of aromatic nitrogens is 1. The van der Waals surface area contributed by atoms with Crippen molar-refractivity contribution < 1.29 is 4.42 Å². The molecule has 0 atom stereocenters. The molecule has 6 aromatic carbocycles. The zero-order valence-electron chi connectivity index (χ0n) is 20.1. The van der Waals surface area contributed by atoms with Gasteiger partial charge in [0.25, 0.3) is 0 Å². The summed E-state index contributed by atoms with van der Waals surface area (Å²) >= 11 is 5.50. The first-order chi connectivity index (χ1) is 18.7. The van der Waals surface area contributed by atoms with Crippen molar-refractivity contribution in [1.29, 1.82) is 0 Å². The maximum atomic E-state index is 5.70. The SMILES string of the molecule is Brc1ccc2cc3c(cc2c1)sc1c(N(c2ccccc2)c2ccc4ncoc4c2)cc2ccccc2c13. The highest BCUT2D eigenvalue weighted by atomic mass is 79.9. The van der Waals surface area contributed by atoms with Crippen LogP contribution in [0.15, 0.2) is 124 Å². The molecule has 0 saturated heterocycles. The molecule has 3 nitrogen and oxygen atoms in total. The normalized spacial score (nSPS) is 11.8. The Labute approximate surface area is 230 Å². The predicted molar refractivity (Wildman–Crippen MR) is 164 cm³/mol. The Balaban J connectivity index is 1.51. The summed E-state index contributed by atoms with van der Waals surface area (Å²) in [7, 11) is 0. The van der Waals surface area contributed by atoms with Crippen molar-refractivity contribution in [2.75, 3.05) is 4.90 Å². The van der Waals surface area contributed by atoms with Crippen molar-refractivity contribution in [2.24, 2.45) is 0 Å². The number of hydrogen-bond donors (Lipinski definition) is 0. The minimum atomic E-state index is 0.772. The molecule has 0 amide bonds. The molecule has 2 heterocycles. The Morgan fingerprint density at radius 3 is 2.47 bits per heavy atom. The van der Waals surface area contributed by atoms with Crippen LogP contribution < -0.4 is 4.90 Å². The molecule has 0 saturated carbocycles. The Bertz CT molecular complexity index is 2160. The van der Waals surface area contributed by atoms with Crippen LogP contribution >= 0.6 is 27.3 Å². The molecular weight excluding hydrogens is 552 g/mol. The highest BCUT2D eigenvalue weighted by Crippen LogP contribution is 2.48. The number of oxazole rings is 1. The van der Waals surface area contributed by atoms with E-state index in [1.54, 1.807) is 0 Å². The summed E-state index contributed by atoms with van der Waals surface area (Å²) in [4.78, 5) is 6.67. The Morgan fingerprint density at radius 1 is 0.684 bits per heavy atom. The summed E-state index contributed by atoms with van der Waals surface area (Å²) < 4.78 is 9.33. The molecule has 0 aliphatic carbocycles. The maximum Gasteiger partial charge on any atom is 0.181 e. The molecule has 0 spiro atoms. The summed E-state index contributed by atoms with van der Waals surface area (Å²) in [6.07, 6.45) is 1.50. The number of fused-ring (bicyclic) bond motifs is 7. The van der Waals surface area contributed by atoms with Gasteiger partial charge in [-0.2, -0.15) is 0 Å². The lowest BCUT2D eigenvalue weighted by molar-refractivity contribution is 0.602. The average Bonchev–Trinajstić information content (AvgIpc) is 3.57. The highest BCUT2D eigenvalue weighted by molar-refractivity contribution is 9.10. The number of para-hydroxylation sites is 1. The highest BCUT2D eigenvalue weighted by Gasteiger charge is 2.21. The van der Waals surface area contributed by atoms with Crippen molar-refractivity contribution in [3.8, 4) is 0 Å². The van der Waals surface area contributed by atoms with Crippen molar-refractivity contribution in [2.45, 2.75) is 0 Å². The molecule has 38 heavy (non-hydrogen) atoms. The van der Waals surface area contributed by atoms with Gasteiger partial charge in [0.05, 0.1) is 16.1 Å². The number of hydrogen-bond acceptors (Lipinski definition) is 4. The quantitative estimate of drug-likeness (QED) is 0.211. The maximum absolute atomic E-state index is 5.70. The van der Waals surface area contributed by atoms with Gasteiger partial charge in [-0.1, -0.05) is 64.5 Å². The standard InChI is InChI=1S/C33H19BrN2OS/c34-23-11-10-20-15-27-31(17-22(20)14-23)38-33-29(16-21-6-4-5-9-26(21)32(27)33)36(24-7-2-1-3-8-24)25-12-13-28-30(18-25)37-19-35-28/h1-19H. The molecule has 0 radical (unpaired) electrons. The fourth-order valence-corrected chi connectivity index (χ4v) is 7.11. The Morgan fingerprint density at radius 2 is 1.55 bits per heavy atom. The van der Waals surface area contributed by atoms with E-state index in [9.17, 15) is 0 Å². The van der Waals surface area contributed by atoms with E-state index in [4.69, 9.17) is 4.42 Å². The average molecular weight is 571 g/mol. The molecule has 180 valence electrons. The number of halogens is 1. The predicted octanol–water partition coefficient (Wildman–Crippen LogP) is 10.7. The van der Waals surface area contributed by atoms with E-state index in [1.807, 2.05) is 17.4 Å². The van der Waals surface area contributed by atoms with Crippen LogP contribution in [-0.4, -0.2) is 4.98 Å². The Kier molecular flexibility index (Phi) is 4.84. The van der Waals surface area contributed by atoms with E-state index in [1.165, 1.54) is 48.1 Å². The lowest BCUT2D eigenvalue weighted by Crippen LogP contribution is -2.10. The molecular formula is C33H19BrN2OS. The van der Waals surface area contributed by atoms with Crippen molar-refractivity contribution in [3.63, 3.8) is 0 Å². The summed E-state index contributed by atoms with van der Waals surface area (Å²) in [6.45, 7) is 0. The van der Waals surface area contributed by atoms with Crippen LogP contribution in [0.5, 0.6) is 0 Å². The minimum absolute atomic E-state index is 0.772. The first-order valence-electron chi connectivity index (χ1n) is 12.4. The third-order valence-electron chi connectivity index (χ3n) is 7.19. The number of rotatable bonds is 3. The lowest BCUT2D eigenvalue weighted by Gasteiger charge is -2.26. The molecule has 8 aromatic rings. The van der Waals surface area contributed by atoms with Crippen LogP contribution in [-0.2, 0) is 0 Å². The first-order valence-corrected chi connectivity index (χ1v) is 14.0. The summed E-state index contributed by atoms with van der Waals surface area (Å²) in [5.74, 6) is 0. The second-order valence-corrected chi connectivity index (χ2v) is 11.4. The zero-order valence-corrected chi connectivity index (χ0v) is 22.5. The first kappa shape index (κ1) is 21.9. The smallest absolute Gasteiger partial charge is 0.181 e. The van der Waals surface area contributed by atoms with Gasteiger partial charge in [-0.25, -0.2) is 4.98 Å². The molecule has 0 N–H and O–H groups in total. The van der Waals surface area contributed by atoms with Gasteiger partial charge in [-0.3, -0.25) is 0 Å². The number of anilines is 3. The number of thiophene rings is 1. The molecule has 0 fully saturated rings. The van der Waals surface area contributed by atoms with E-state index in [0.29, 0.717) is 0 Å². The van der Waals surface area contributed by atoms with Crippen LogP contribution in [0.4, 0.5) is 17.1 Å². The molecule has 0 aliphatic heterocycles. The van der Waals surface area contributed by atoms with Gasteiger partial charge >= 0.3 is 0 Å². The second-order valence-electron chi connectivity index (χ2n) is 9.44. The van der Waals surface area contributed by atoms with Crippen LogP contribution in [0.2, 0.25) is 0 Å². The largest absolute Gasteiger partial charge is 0.443 e. The molecule has 0 bridgehead atoms. The van der Waals surface area contributed by atoms with Crippen LogP contribution in [0, 0.1) is 0 Å². The fourth-order valence-electron chi connectivity index (χ4n) is 5.48. The molecule has 8 rings (SSSR count). The van der Waals surface area contributed by atoms with Crippen molar-refractivity contribution in [3.05, 3.63) is 120 Å². The second kappa shape index (κ2) is 8.42. The monoisotopic (exact) mass is 570 g/mol. The van der Waals surface area contributed by atoms with Crippen LogP contribution in [0.3, 0.4) is 0 Å². The van der Waals surface area contributed by atoms with Gasteiger partial charge in [0.2, 0.25) is 0 Å². The lowest BCUT2D eigenvalue weighted by atomic mass is 10.00. The van der Waals surface area contributed by atoms with Gasteiger partial charge in [0.1, 0.15) is 5.52 Å². The minimum Gasteiger partial charge on any atom is -0.443 e. The van der Waals surface area contributed by atoms with Crippen molar-refractivity contribution in [1.82, 2.24) is 4.98 Å². The topological polar surface area (TPSA) is 29.3 Å². The summed E-state index contributed by atoms with van der Waals surface area (Å²) in [6, 6.07) is 39.0. The zero-order chi connectivity index (χ0) is 25.2.